The molecule has 1 aliphatic rings. The van der Waals surface area contributed by atoms with Crippen molar-refractivity contribution in [2.45, 2.75) is 45.3 Å². The molecule has 0 spiro atoms. The largest absolute Gasteiger partial charge is 0.379 e. The summed E-state index contributed by atoms with van der Waals surface area (Å²) in [6.07, 6.45) is 6.79. The van der Waals surface area contributed by atoms with Crippen LogP contribution in [0.4, 0.5) is 5.69 Å². The molecular weight excluding hydrogens is 356 g/mol. The Bertz CT molecular complexity index is 789. The number of aromatic nitrogens is 2. The van der Waals surface area contributed by atoms with Crippen molar-refractivity contribution in [2.24, 2.45) is 0 Å². The quantitative estimate of drug-likeness (QED) is 0.673. The van der Waals surface area contributed by atoms with Gasteiger partial charge in [-0.2, -0.15) is 0 Å². The van der Waals surface area contributed by atoms with Crippen molar-refractivity contribution in [2.75, 3.05) is 24.6 Å². The maximum Gasteiger partial charge on any atom is 0.250 e. The number of nitrogens with one attached hydrogen (secondary N) is 1. The highest BCUT2D eigenvalue weighted by Crippen LogP contribution is 2.30. The van der Waals surface area contributed by atoms with E-state index in [1.807, 2.05) is 38.1 Å². The molecular formula is C21H28N4O3. The van der Waals surface area contributed by atoms with E-state index in [9.17, 15) is 9.59 Å². The van der Waals surface area contributed by atoms with Gasteiger partial charge in [-0.25, -0.2) is 4.98 Å². The minimum atomic E-state index is -0.611. The Morgan fingerprint density at radius 1 is 1.29 bits per heavy atom. The molecule has 1 atom stereocenters. The molecule has 0 aliphatic carbocycles. The van der Waals surface area contributed by atoms with Crippen molar-refractivity contribution in [3.05, 3.63) is 48.5 Å². The van der Waals surface area contributed by atoms with Gasteiger partial charge in [0.15, 0.2) is 0 Å². The molecule has 3 rings (SSSR count). The smallest absolute Gasteiger partial charge is 0.250 e. The average Bonchev–Trinajstić information content (AvgIpc) is 3.35. The second kappa shape index (κ2) is 9.50. The van der Waals surface area contributed by atoms with Crippen LogP contribution in [0.5, 0.6) is 0 Å². The third kappa shape index (κ3) is 4.98. The first-order chi connectivity index (χ1) is 13.6. The van der Waals surface area contributed by atoms with Crippen LogP contribution in [-0.4, -0.2) is 47.2 Å². The maximum absolute atomic E-state index is 13.3. The minimum Gasteiger partial charge on any atom is -0.379 e. The lowest BCUT2D eigenvalue weighted by Gasteiger charge is -2.24. The van der Waals surface area contributed by atoms with Gasteiger partial charge in [-0.1, -0.05) is 18.2 Å². The van der Waals surface area contributed by atoms with Gasteiger partial charge in [-0.3, -0.25) is 9.59 Å². The van der Waals surface area contributed by atoms with Crippen LogP contribution in [0.3, 0.4) is 0 Å². The number of amides is 2. The van der Waals surface area contributed by atoms with Crippen LogP contribution in [0.1, 0.15) is 38.3 Å². The summed E-state index contributed by atoms with van der Waals surface area (Å²) >= 11 is 0. The average molecular weight is 384 g/mol. The van der Waals surface area contributed by atoms with Gasteiger partial charge in [0.2, 0.25) is 5.91 Å². The number of anilines is 1. The van der Waals surface area contributed by atoms with Crippen LogP contribution >= 0.6 is 0 Å². The Kier molecular flexibility index (Phi) is 6.81. The number of nitrogens with zero attached hydrogens (tertiary/aromatic N) is 3. The Labute approximate surface area is 165 Å². The number of carbonyl (C=O) groups is 2. The summed E-state index contributed by atoms with van der Waals surface area (Å²) in [5.41, 5.74) is 2.10. The minimum absolute atomic E-state index is 0.0822. The summed E-state index contributed by atoms with van der Waals surface area (Å²) in [6, 6.07) is 7.31. The molecule has 28 heavy (non-hydrogen) atoms. The zero-order valence-electron chi connectivity index (χ0n) is 16.5. The van der Waals surface area contributed by atoms with Crippen LogP contribution in [0.15, 0.2) is 43.0 Å². The molecule has 7 heteroatoms. The Balaban J connectivity index is 1.62. The van der Waals surface area contributed by atoms with Gasteiger partial charge >= 0.3 is 0 Å². The van der Waals surface area contributed by atoms with E-state index in [2.05, 4.69) is 10.3 Å². The number of carbonyl (C=O) groups excluding carboxylic acids is 2. The van der Waals surface area contributed by atoms with Crippen molar-refractivity contribution in [1.82, 2.24) is 14.9 Å². The zero-order valence-corrected chi connectivity index (χ0v) is 16.5. The number of ether oxygens (including phenoxy) is 1. The topological polar surface area (TPSA) is 76.5 Å². The molecule has 150 valence electrons. The van der Waals surface area contributed by atoms with E-state index >= 15 is 0 Å². The van der Waals surface area contributed by atoms with Crippen LogP contribution in [0.25, 0.3) is 0 Å². The van der Waals surface area contributed by atoms with Gasteiger partial charge in [-0.05, 0) is 38.3 Å². The molecule has 1 N–H and O–H groups in total. The van der Waals surface area contributed by atoms with E-state index in [4.69, 9.17) is 4.74 Å². The zero-order chi connectivity index (χ0) is 19.9. The monoisotopic (exact) mass is 384 g/mol. The summed E-state index contributed by atoms with van der Waals surface area (Å²) in [4.78, 5) is 31.6. The fourth-order valence-electron chi connectivity index (χ4n) is 3.39. The lowest BCUT2D eigenvalue weighted by molar-refractivity contribution is -0.128. The fourth-order valence-corrected chi connectivity index (χ4v) is 3.39. The number of imidazole rings is 1. The second-order valence-electron chi connectivity index (χ2n) is 7.22. The first-order valence-electron chi connectivity index (χ1n) is 9.81. The highest BCUT2D eigenvalue weighted by Gasteiger charge is 2.32. The number of hydrogen-bond acceptors (Lipinski definition) is 4. The van der Waals surface area contributed by atoms with E-state index in [1.54, 1.807) is 28.2 Å². The maximum atomic E-state index is 13.3. The first-order valence-corrected chi connectivity index (χ1v) is 9.81. The van der Waals surface area contributed by atoms with Crippen molar-refractivity contribution >= 4 is 17.5 Å². The van der Waals surface area contributed by atoms with Gasteiger partial charge in [0.25, 0.3) is 5.91 Å². The van der Waals surface area contributed by atoms with Crippen LogP contribution in [-0.2, 0) is 20.7 Å². The standard InChI is InChI=1S/C21H28N4O3/c1-16(2)28-13-5-9-23-20(26)14-19(24-12-10-22-15-24)21(27)25-11-8-17-6-3-4-7-18(17)25/h3-4,6-7,10,12,15-16,19H,5,8-9,11,13-14H2,1-2H3,(H,23,26)/t19-/m0/s1. The predicted molar refractivity (Wildman–Crippen MR) is 107 cm³/mol. The molecule has 2 heterocycles. The summed E-state index contributed by atoms with van der Waals surface area (Å²) < 4.78 is 7.19. The highest BCUT2D eigenvalue weighted by molar-refractivity contribution is 6.00. The summed E-state index contributed by atoms with van der Waals surface area (Å²) in [7, 11) is 0. The number of para-hydroxylation sites is 1. The molecule has 2 aromatic rings. The van der Waals surface area contributed by atoms with Gasteiger partial charge in [0, 0.05) is 37.8 Å². The molecule has 1 aliphatic heterocycles. The molecule has 2 amide bonds. The molecule has 0 bridgehead atoms. The number of benzene rings is 1. The van der Waals surface area contributed by atoms with E-state index < -0.39 is 6.04 Å². The van der Waals surface area contributed by atoms with Crippen LogP contribution in [0.2, 0.25) is 0 Å². The SMILES string of the molecule is CC(C)OCCCNC(=O)C[C@@H](C(=O)N1CCc2ccccc21)n1ccnc1. The van der Waals surface area contributed by atoms with Crippen LogP contribution < -0.4 is 10.2 Å². The van der Waals surface area contributed by atoms with Gasteiger partial charge in [0.1, 0.15) is 6.04 Å². The lowest BCUT2D eigenvalue weighted by atomic mass is 10.1. The van der Waals surface area contributed by atoms with Gasteiger partial charge < -0.3 is 19.5 Å². The Morgan fingerprint density at radius 3 is 2.86 bits per heavy atom. The summed E-state index contributed by atoms with van der Waals surface area (Å²) in [5, 5.41) is 2.89. The van der Waals surface area contributed by atoms with Gasteiger partial charge in [-0.15, -0.1) is 0 Å². The van der Waals surface area contributed by atoms with Crippen molar-refractivity contribution < 1.29 is 14.3 Å². The van der Waals surface area contributed by atoms with E-state index in [1.165, 1.54) is 0 Å². The first kappa shape index (κ1) is 20.1. The van der Waals surface area contributed by atoms with E-state index in [0.29, 0.717) is 19.7 Å². The molecule has 7 nitrogen and oxygen atoms in total. The van der Waals surface area contributed by atoms with Gasteiger partial charge in [0.05, 0.1) is 18.9 Å². The normalized spacial score (nSPS) is 14.2. The summed E-state index contributed by atoms with van der Waals surface area (Å²) in [5.74, 6) is -0.231. The predicted octanol–water partition coefficient (Wildman–Crippen LogP) is 2.33. The number of rotatable bonds is 9. The second-order valence-corrected chi connectivity index (χ2v) is 7.22. The van der Waals surface area contributed by atoms with Crippen molar-refractivity contribution in [1.29, 1.82) is 0 Å². The lowest BCUT2D eigenvalue weighted by Crippen LogP contribution is -2.39. The molecule has 1 aromatic carbocycles. The molecule has 0 radical (unpaired) electrons. The molecule has 1 aromatic heterocycles. The fraction of sp³-hybridized carbons (Fsp3) is 0.476. The summed E-state index contributed by atoms with van der Waals surface area (Å²) in [6.45, 7) is 5.74. The number of fused-ring (bicyclic) bond motifs is 1. The number of hydrogen-bond donors (Lipinski definition) is 1. The molecule has 0 saturated carbocycles. The Hall–Kier alpha value is -2.67. The Morgan fingerprint density at radius 2 is 2.11 bits per heavy atom. The molecule has 0 unspecified atom stereocenters. The molecule has 0 saturated heterocycles. The third-order valence-electron chi connectivity index (χ3n) is 4.80. The highest BCUT2D eigenvalue weighted by atomic mass is 16.5. The third-order valence-corrected chi connectivity index (χ3v) is 4.80. The van der Waals surface area contributed by atoms with Crippen LogP contribution in [0, 0.1) is 0 Å². The van der Waals surface area contributed by atoms with E-state index in [-0.39, 0.29) is 24.3 Å². The molecule has 0 fully saturated rings. The van der Waals surface area contributed by atoms with E-state index in [0.717, 1.165) is 24.1 Å². The van der Waals surface area contributed by atoms with Crippen molar-refractivity contribution in [3.8, 4) is 0 Å². The van der Waals surface area contributed by atoms with Crippen molar-refractivity contribution in [3.63, 3.8) is 0 Å².